The molecule has 0 spiro atoms. The Kier molecular flexibility index (Phi) is 3.73. The van der Waals surface area contributed by atoms with Crippen molar-refractivity contribution in [2.45, 2.75) is 26.4 Å². The molecule has 1 saturated heterocycles. The minimum atomic E-state index is -0.276. The lowest BCUT2D eigenvalue weighted by Crippen LogP contribution is -2.33. The minimum Gasteiger partial charge on any atom is -0.442 e. The molecule has 1 aliphatic rings. The highest BCUT2D eigenvalue weighted by Crippen LogP contribution is 2.10. The lowest BCUT2D eigenvalue weighted by atomic mass is 10.3. The molecule has 1 N–H and O–H groups in total. The van der Waals surface area contributed by atoms with Crippen molar-refractivity contribution in [3.8, 4) is 0 Å². The van der Waals surface area contributed by atoms with E-state index < -0.39 is 0 Å². The quantitative estimate of drug-likeness (QED) is 0.712. The number of amides is 2. The topological polar surface area (TPSA) is 58.6 Å². The third-order valence-electron chi connectivity index (χ3n) is 2.02. The van der Waals surface area contributed by atoms with Crippen LogP contribution in [0.2, 0.25) is 0 Å². The molecule has 2 amide bonds. The van der Waals surface area contributed by atoms with E-state index in [4.69, 9.17) is 4.74 Å². The summed E-state index contributed by atoms with van der Waals surface area (Å²) in [6.07, 6.45) is 0.447. The first-order valence-corrected chi connectivity index (χ1v) is 4.83. The van der Waals surface area contributed by atoms with E-state index >= 15 is 0 Å². The molecule has 1 unspecified atom stereocenters. The molecule has 0 radical (unpaired) electrons. The second-order valence-electron chi connectivity index (χ2n) is 3.39. The van der Waals surface area contributed by atoms with Gasteiger partial charge < -0.3 is 15.0 Å². The Bertz CT molecular complexity index is 230. The summed E-state index contributed by atoms with van der Waals surface area (Å²) in [5.74, 6) is -0.102. The standard InChI is InChI=1S/C9H16N2O3/c1-3-4-11-6-8(14-9(11)13)5-10-7(2)12/h8H,3-6H2,1-2H3,(H,10,12). The third kappa shape index (κ3) is 2.90. The van der Waals surface area contributed by atoms with Crippen LogP contribution in [0.1, 0.15) is 20.3 Å². The van der Waals surface area contributed by atoms with Gasteiger partial charge in [-0.25, -0.2) is 4.79 Å². The first-order chi connectivity index (χ1) is 6.63. The highest BCUT2D eigenvalue weighted by molar-refractivity contribution is 5.73. The van der Waals surface area contributed by atoms with Crippen LogP contribution in [0, 0.1) is 0 Å². The SMILES string of the molecule is CCCN1CC(CNC(C)=O)OC1=O. The Morgan fingerprint density at radius 2 is 2.43 bits per heavy atom. The molecule has 80 valence electrons. The summed E-state index contributed by atoms with van der Waals surface area (Å²) < 4.78 is 5.05. The van der Waals surface area contributed by atoms with Crippen molar-refractivity contribution in [2.75, 3.05) is 19.6 Å². The Balaban J connectivity index is 2.31. The van der Waals surface area contributed by atoms with E-state index in [1.165, 1.54) is 6.92 Å². The summed E-state index contributed by atoms with van der Waals surface area (Å²) in [6, 6.07) is 0. The Hall–Kier alpha value is -1.26. The summed E-state index contributed by atoms with van der Waals surface area (Å²) in [5.41, 5.74) is 0. The first kappa shape index (κ1) is 10.8. The zero-order valence-corrected chi connectivity index (χ0v) is 8.58. The van der Waals surface area contributed by atoms with Gasteiger partial charge in [-0.2, -0.15) is 0 Å². The summed E-state index contributed by atoms with van der Waals surface area (Å²) in [4.78, 5) is 23.5. The summed E-state index contributed by atoms with van der Waals surface area (Å²) in [7, 11) is 0. The van der Waals surface area contributed by atoms with E-state index in [-0.39, 0.29) is 18.1 Å². The Morgan fingerprint density at radius 1 is 1.71 bits per heavy atom. The number of nitrogens with one attached hydrogen (secondary N) is 1. The number of cyclic esters (lactones) is 1. The molecule has 1 heterocycles. The number of hydrogen-bond donors (Lipinski definition) is 1. The Morgan fingerprint density at radius 3 is 3.00 bits per heavy atom. The third-order valence-corrected chi connectivity index (χ3v) is 2.02. The van der Waals surface area contributed by atoms with Crippen LogP contribution in [0.25, 0.3) is 0 Å². The normalized spacial score (nSPS) is 20.9. The maximum absolute atomic E-state index is 11.2. The van der Waals surface area contributed by atoms with Crippen LogP contribution in [0.3, 0.4) is 0 Å². The van der Waals surface area contributed by atoms with Crippen LogP contribution in [0.4, 0.5) is 4.79 Å². The molecular formula is C9H16N2O3. The van der Waals surface area contributed by atoms with Crippen molar-refractivity contribution in [1.29, 1.82) is 0 Å². The molecule has 0 bridgehead atoms. The van der Waals surface area contributed by atoms with Gasteiger partial charge in [0.05, 0.1) is 13.1 Å². The van der Waals surface area contributed by atoms with E-state index in [2.05, 4.69) is 5.32 Å². The first-order valence-electron chi connectivity index (χ1n) is 4.83. The zero-order valence-electron chi connectivity index (χ0n) is 8.58. The maximum atomic E-state index is 11.2. The summed E-state index contributed by atoms with van der Waals surface area (Å²) in [6.45, 7) is 5.15. The Labute approximate surface area is 83.4 Å². The van der Waals surface area contributed by atoms with Gasteiger partial charge in [0.15, 0.2) is 0 Å². The molecule has 1 atom stereocenters. The van der Waals surface area contributed by atoms with Gasteiger partial charge in [0, 0.05) is 13.5 Å². The van der Waals surface area contributed by atoms with E-state index in [9.17, 15) is 9.59 Å². The fourth-order valence-electron chi connectivity index (χ4n) is 1.39. The van der Waals surface area contributed by atoms with Crippen LogP contribution >= 0.6 is 0 Å². The molecule has 0 aliphatic carbocycles. The highest BCUT2D eigenvalue weighted by Gasteiger charge is 2.30. The number of carbonyl (C=O) groups excluding carboxylic acids is 2. The van der Waals surface area contributed by atoms with E-state index in [1.807, 2.05) is 6.92 Å². The molecule has 0 aromatic heterocycles. The van der Waals surface area contributed by atoms with Crippen molar-refractivity contribution in [3.05, 3.63) is 0 Å². The smallest absolute Gasteiger partial charge is 0.410 e. The fraction of sp³-hybridized carbons (Fsp3) is 0.778. The van der Waals surface area contributed by atoms with Crippen LogP contribution in [0.15, 0.2) is 0 Å². The van der Waals surface area contributed by atoms with Gasteiger partial charge in [-0.15, -0.1) is 0 Å². The van der Waals surface area contributed by atoms with E-state index in [1.54, 1.807) is 4.90 Å². The molecular weight excluding hydrogens is 184 g/mol. The van der Waals surface area contributed by atoms with Gasteiger partial charge in [0.1, 0.15) is 6.10 Å². The van der Waals surface area contributed by atoms with Crippen molar-refractivity contribution in [1.82, 2.24) is 10.2 Å². The molecule has 1 fully saturated rings. The van der Waals surface area contributed by atoms with Crippen LogP contribution < -0.4 is 5.32 Å². The van der Waals surface area contributed by atoms with Gasteiger partial charge in [0.2, 0.25) is 5.91 Å². The second kappa shape index (κ2) is 4.83. The molecule has 0 aromatic carbocycles. The number of nitrogens with zero attached hydrogens (tertiary/aromatic N) is 1. The molecule has 0 saturated carbocycles. The second-order valence-corrected chi connectivity index (χ2v) is 3.39. The molecule has 5 nitrogen and oxygen atoms in total. The average molecular weight is 200 g/mol. The lowest BCUT2D eigenvalue weighted by Gasteiger charge is -2.10. The molecule has 1 aliphatic heterocycles. The van der Waals surface area contributed by atoms with Crippen LogP contribution in [-0.4, -0.2) is 42.6 Å². The minimum absolute atomic E-state index is 0.102. The zero-order chi connectivity index (χ0) is 10.6. The average Bonchev–Trinajstić information content (AvgIpc) is 2.45. The summed E-state index contributed by atoms with van der Waals surface area (Å²) >= 11 is 0. The number of ether oxygens (including phenoxy) is 1. The van der Waals surface area contributed by atoms with E-state index in [0.717, 1.165) is 13.0 Å². The number of rotatable bonds is 4. The predicted octanol–water partition coefficient (Wildman–Crippen LogP) is 0.353. The van der Waals surface area contributed by atoms with Crippen LogP contribution in [-0.2, 0) is 9.53 Å². The maximum Gasteiger partial charge on any atom is 0.410 e. The molecule has 14 heavy (non-hydrogen) atoms. The van der Waals surface area contributed by atoms with Gasteiger partial charge in [-0.1, -0.05) is 6.92 Å². The van der Waals surface area contributed by atoms with Crippen LogP contribution in [0.5, 0.6) is 0 Å². The molecule has 0 aromatic rings. The highest BCUT2D eigenvalue weighted by atomic mass is 16.6. The van der Waals surface area contributed by atoms with Crippen molar-refractivity contribution in [3.63, 3.8) is 0 Å². The molecule has 1 rings (SSSR count). The fourth-order valence-corrected chi connectivity index (χ4v) is 1.39. The number of carbonyl (C=O) groups is 2. The molecule has 5 heteroatoms. The summed E-state index contributed by atoms with van der Waals surface area (Å²) in [5, 5.41) is 2.63. The van der Waals surface area contributed by atoms with Gasteiger partial charge in [-0.3, -0.25) is 4.79 Å². The van der Waals surface area contributed by atoms with Gasteiger partial charge in [-0.05, 0) is 6.42 Å². The van der Waals surface area contributed by atoms with Crippen molar-refractivity contribution < 1.29 is 14.3 Å². The van der Waals surface area contributed by atoms with E-state index in [0.29, 0.717) is 13.1 Å². The van der Waals surface area contributed by atoms with Gasteiger partial charge >= 0.3 is 6.09 Å². The van der Waals surface area contributed by atoms with Gasteiger partial charge in [0.25, 0.3) is 0 Å². The lowest BCUT2D eigenvalue weighted by molar-refractivity contribution is -0.119. The predicted molar refractivity (Wildman–Crippen MR) is 50.8 cm³/mol. The van der Waals surface area contributed by atoms with Crippen molar-refractivity contribution >= 4 is 12.0 Å². The largest absolute Gasteiger partial charge is 0.442 e. The monoisotopic (exact) mass is 200 g/mol. The van der Waals surface area contributed by atoms with Crippen molar-refractivity contribution in [2.24, 2.45) is 0 Å². The number of hydrogen-bond acceptors (Lipinski definition) is 3.